The highest BCUT2D eigenvalue weighted by Crippen LogP contribution is 2.17. The van der Waals surface area contributed by atoms with Crippen molar-refractivity contribution in [3.05, 3.63) is 24.4 Å². The maximum absolute atomic E-state index is 11.9. The summed E-state index contributed by atoms with van der Waals surface area (Å²) in [5, 5.41) is 26.6. The number of halogens is 1. The number of aromatic nitrogens is 2. The van der Waals surface area contributed by atoms with Crippen LogP contribution in [0.4, 0.5) is 10.5 Å². The summed E-state index contributed by atoms with van der Waals surface area (Å²) in [6.07, 6.45) is 3.31. The number of carbonyl (C=O) groups excluding carboxylic acids is 1. The minimum absolute atomic E-state index is 0. The summed E-state index contributed by atoms with van der Waals surface area (Å²) in [4.78, 5) is 11.9. The van der Waals surface area contributed by atoms with E-state index in [1.54, 1.807) is 12.3 Å². The fraction of sp³-hybridized carbons (Fsp3) is 0.429. The molecule has 8 heteroatoms. The number of aliphatic hydroxyl groups is 1. The second kappa shape index (κ2) is 6.95. The van der Waals surface area contributed by atoms with Gasteiger partial charge in [0, 0.05) is 24.2 Å². The monoisotopic (exact) mass is 325 g/mol. The summed E-state index contributed by atoms with van der Waals surface area (Å²) in [7, 11) is 0. The van der Waals surface area contributed by atoms with E-state index in [9.17, 15) is 9.90 Å². The second-order valence-corrected chi connectivity index (χ2v) is 5.48. The van der Waals surface area contributed by atoms with Crippen molar-refractivity contribution in [2.45, 2.75) is 18.4 Å². The van der Waals surface area contributed by atoms with Crippen LogP contribution in [-0.2, 0) is 0 Å². The zero-order chi connectivity index (χ0) is 14.7. The van der Waals surface area contributed by atoms with E-state index in [0.717, 1.165) is 23.9 Å². The van der Waals surface area contributed by atoms with E-state index in [0.29, 0.717) is 18.7 Å². The lowest BCUT2D eigenvalue weighted by Crippen LogP contribution is -2.53. The van der Waals surface area contributed by atoms with Gasteiger partial charge in [-0.25, -0.2) is 4.79 Å². The first-order valence-electron chi connectivity index (χ1n) is 7.06. The van der Waals surface area contributed by atoms with Crippen molar-refractivity contribution in [3.8, 4) is 0 Å². The van der Waals surface area contributed by atoms with Crippen molar-refractivity contribution in [1.82, 2.24) is 20.8 Å². The molecule has 1 unspecified atom stereocenters. The summed E-state index contributed by atoms with van der Waals surface area (Å²) in [6.45, 7) is 1.66. The molecule has 1 aromatic heterocycles. The van der Waals surface area contributed by atoms with Crippen LogP contribution >= 0.6 is 12.4 Å². The number of nitrogens with zero attached hydrogens (tertiary/aromatic N) is 1. The van der Waals surface area contributed by atoms with Crippen LogP contribution < -0.4 is 16.0 Å². The van der Waals surface area contributed by atoms with Gasteiger partial charge in [0.2, 0.25) is 0 Å². The number of anilines is 1. The maximum atomic E-state index is 11.9. The van der Waals surface area contributed by atoms with Crippen molar-refractivity contribution in [1.29, 1.82) is 0 Å². The van der Waals surface area contributed by atoms with Gasteiger partial charge >= 0.3 is 6.03 Å². The average molecular weight is 326 g/mol. The zero-order valence-electron chi connectivity index (χ0n) is 12.1. The lowest BCUT2D eigenvalue weighted by molar-refractivity contribution is 0.0198. The van der Waals surface area contributed by atoms with Gasteiger partial charge in [0.1, 0.15) is 0 Å². The van der Waals surface area contributed by atoms with Gasteiger partial charge in [-0.05, 0) is 37.6 Å². The van der Waals surface area contributed by atoms with E-state index < -0.39 is 5.60 Å². The molecule has 0 aliphatic carbocycles. The quantitative estimate of drug-likeness (QED) is 0.585. The second-order valence-electron chi connectivity index (χ2n) is 5.48. The molecule has 3 rings (SSSR count). The van der Waals surface area contributed by atoms with Gasteiger partial charge in [0.25, 0.3) is 0 Å². The number of carbonyl (C=O) groups is 1. The van der Waals surface area contributed by atoms with Crippen molar-refractivity contribution >= 4 is 35.0 Å². The van der Waals surface area contributed by atoms with Crippen LogP contribution in [0.3, 0.4) is 0 Å². The van der Waals surface area contributed by atoms with Crippen LogP contribution in [0.25, 0.3) is 10.9 Å². The molecule has 2 heterocycles. The summed E-state index contributed by atoms with van der Waals surface area (Å²) < 4.78 is 0. The molecule has 7 nitrogen and oxygen atoms in total. The molecule has 0 radical (unpaired) electrons. The standard InChI is InChI=1S/C14H19N5O2.ClH/c20-13(16-9-14(21)4-1-5-15-8-14)18-11-2-3-12-10(6-11)7-17-19-12;/h2-3,6-7,15,21H,1,4-5,8-9H2,(H,17,19)(H2,16,18,20);1H. The molecule has 0 saturated carbocycles. The van der Waals surface area contributed by atoms with E-state index >= 15 is 0 Å². The van der Waals surface area contributed by atoms with Crippen molar-refractivity contribution < 1.29 is 9.90 Å². The molecular weight excluding hydrogens is 306 g/mol. The average Bonchev–Trinajstić information content (AvgIpc) is 2.94. The topological polar surface area (TPSA) is 102 Å². The SMILES string of the molecule is Cl.O=C(NCC1(O)CCCNC1)Nc1ccc2[nH]ncc2c1. The van der Waals surface area contributed by atoms with Crippen molar-refractivity contribution in [2.75, 3.05) is 25.0 Å². The Morgan fingerprint density at radius 1 is 1.45 bits per heavy atom. The molecule has 2 aromatic rings. The Morgan fingerprint density at radius 3 is 3.09 bits per heavy atom. The summed E-state index contributed by atoms with van der Waals surface area (Å²) >= 11 is 0. The van der Waals surface area contributed by atoms with Crippen LogP contribution in [0.1, 0.15) is 12.8 Å². The molecular formula is C14H20ClN5O2. The van der Waals surface area contributed by atoms with Crippen LogP contribution in [-0.4, -0.2) is 46.6 Å². The Labute approximate surface area is 134 Å². The number of hydrogen-bond acceptors (Lipinski definition) is 4. The fourth-order valence-electron chi connectivity index (χ4n) is 2.54. The number of amides is 2. The third-order valence-corrected chi connectivity index (χ3v) is 3.73. The predicted octanol–water partition coefficient (Wildman–Crippen LogP) is 1.22. The molecule has 22 heavy (non-hydrogen) atoms. The van der Waals surface area contributed by atoms with Gasteiger partial charge in [-0.3, -0.25) is 5.10 Å². The summed E-state index contributed by atoms with van der Waals surface area (Å²) in [5.41, 5.74) is 0.753. The molecule has 0 spiro atoms. The number of urea groups is 1. The lowest BCUT2D eigenvalue weighted by atomic mass is 9.94. The highest BCUT2D eigenvalue weighted by molar-refractivity contribution is 5.92. The smallest absolute Gasteiger partial charge is 0.319 e. The number of rotatable bonds is 3. The highest BCUT2D eigenvalue weighted by atomic mass is 35.5. The molecule has 2 amide bonds. The van der Waals surface area contributed by atoms with E-state index in [2.05, 4.69) is 26.1 Å². The molecule has 1 aliphatic rings. The number of nitrogens with one attached hydrogen (secondary N) is 4. The zero-order valence-corrected chi connectivity index (χ0v) is 12.9. The highest BCUT2D eigenvalue weighted by Gasteiger charge is 2.29. The third-order valence-electron chi connectivity index (χ3n) is 3.73. The van der Waals surface area contributed by atoms with Gasteiger partial charge in [-0.15, -0.1) is 12.4 Å². The van der Waals surface area contributed by atoms with Gasteiger partial charge in [0.15, 0.2) is 0 Å². The first kappa shape index (κ1) is 16.5. The number of benzene rings is 1. The molecule has 5 N–H and O–H groups in total. The number of fused-ring (bicyclic) bond motifs is 1. The normalized spacial score (nSPS) is 21.1. The molecule has 1 saturated heterocycles. The Kier molecular flexibility index (Phi) is 5.23. The Hall–Kier alpha value is -1.83. The lowest BCUT2D eigenvalue weighted by Gasteiger charge is -2.32. The van der Waals surface area contributed by atoms with Gasteiger partial charge in [-0.1, -0.05) is 0 Å². The van der Waals surface area contributed by atoms with Crippen LogP contribution in [0.2, 0.25) is 0 Å². The number of piperidine rings is 1. The molecule has 1 fully saturated rings. The van der Waals surface area contributed by atoms with Crippen LogP contribution in [0, 0.1) is 0 Å². The number of hydrogen-bond donors (Lipinski definition) is 5. The van der Waals surface area contributed by atoms with Gasteiger partial charge in [-0.2, -0.15) is 5.10 Å². The summed E-state index contributed by atoms with van der Waals surface area (Å²) in [6, 6.07) is 5.18. The summed E-state index contributed by atoms with van der Waals surface area (Å²) in [5.74, 6) is 0. The minimum Gasteiger partial charge on any atom is -0.387 e. The van der Waals surface area contributed by atoms with E-state index in [1.165, 1.54) is 0 Å². The fourth-order valence-corrected chi connectivity index (χ4v) is 2.54. The van der Waals surface area contributed by atoms with E-state index in [1.807, 2.05) is 12.1 Å². The Morgan fingerprint density at radius 2 is 2.32 bits per heavy atom. The number of H-pyrrole nitrogens is 1. The van der Waals surface area contributed by atoms with Crippen LogP contribution in [0.5, 0.6) is 0 Å². The van der Waals surface area contributed by atoms with Gasteiger partial charge in [0.05, 0.1) is 17.3 Å². The Bertz CT molecular complexity index is 639. The Balaban J connectivity index is 0.00000176. The number of aromatic amines is 1. The first-order valence-corrected chi connectivity index (χ1v) is 7.06. The van der Waals surface area contributed by atoms with Crippen molar-refractivity contribution in [3.63, 3.8) is 0 Å². The molecule has 1 aromatic carbocycles. The molecule has 1 atom stereocenters. The van der Waals surface area contributed by atoms with E-state index in [4.69, 9.17) is 0 Å². The van der Waals surface area contributed by atoms with E-state index in [-0.39, 0.29) is 25.0 Å². The predicted molar refractivity (Wildman–Crippen MR) is 87.4 cm³/mol. The largest absolute Gasteiger partial charge is 0.387 e. The molecule has 1 aliphatic heterocycles. The maximum Gasteiger partial charge on any atom is 0.319 e. The molecule has 120 valence electrons. The molecule has 0 bridgehead atoms. The third kappa shape index (κ3) is 3.88. The minimum atomic E-state index is -0.857. The van der Waals surface area contributed by atoms with Gasteiger partial charge < -0.3 is 21.1 Å². The van der Waals surface area contributed by atoms with Crippen molar-refractivity contribution in [2.24, 2.45) is 0 Å². The first-order chi connectivity index (χ1) is 10.1. The van der Waals surface area contributed by atoms with Crippen LogP contribution in [0.15, 0.2) is 24.4 Å². The number of β-amino-alcohol motifs (C(OH)–C–C–N with tert-alkyl or cyclic N) is 1.